The quantitative estimate of drug-likeness (QED) is 0.342. The van der Waals surface area contributed by atoms with E-state index >= 15 is 0 Å². The predicted octanol–water partition coefficient (Wildman–Crippen LogP) is 5.43. The fraction of sp³-hybridized carbons (Fsp3) is 0. The number of urea groups is 2. The topological polar surface area (TPSA) is 108 Å². The van der Waals surface area contributed by atoms with Crippen LogP contribution in [0.5, 0.6) is 0 Å². The number of carbonyl (C=O) groups excluding carboxylic acids is 2. The Labute approximate surface area is 184 Å². The van der Waals surface area contributed by atoms with Crippen molar-refractivity contribution in [1.82, 2.24) is 9.97 Å². The van der Waals surface area contributed by atoms with E-state index in [4.69, 9.17) is 0 Å². The van der Waals surface area contributed by atoms with Crippen LogP contribution in [0, 0.1) is 0 Å². The molecule has 4 rings (SSSR count). The van der Waals surface area contributed by atoms with Crippen molar-refractivity contribution < 1.29 is 9.59 Å². The zero-order valence-electron chi connectivity index (χ0n) is 16.9. The SMILES string of the molecule is O=C(Nc1ccc(-c2ccc(NC(=O)Nc3cccnc3)cc2)cc1)Nc1cccnc1. The third-order valence-electron chi connectivity index (χ3n) is 4.46. The highest BCUT2D eigenvalue weighted by Gasteiger charge is 2.05. The Kier molecular flexibility index (Phi) is 6.33. The van der Waals surface area contributed by atoms with Gasteiger partial charge < -0.3 is 21.3 Å². The minimum Gasteiger partial charge on any atom is -0.308 e. The third kappa shape index (κ3) is 5.67. The van der Waals surface area contributed by atoms with Gasteiger partial charge in [0.1, 0.15) is 0 Å². The molecule has 4 N–H and O–H groups in total. The molecule has 0 unspecified atom stereocenters. The molecule has 8 nitrogen and oxygen atoms in total. The summed E-state index contributed by atoms with van der Waals surface area (Å²) >= 11 is 0. The first-order valence-electron chi connectivity index (χ1n) is 9.82. The molecule has 0 saturated carbocycles. The first-order chi connectivity index (χ1) is 15.7. The van der Waals surface area contributed by atoms with Gasteiger partial charge in [-0.25, -0.2) is 9.59 Å². The van der Waals surface area contributed by atoms with Crippen molar-refractivity contribution >= 4 is 34.8 Å². The Morgan fingerprint density at radius 1 is 0.500 bits per heavy atom. The van der Waals surface area contributed by atoms with Crippen LogP contribution in [0.4, 0.5) is 32.3 Å². The van der Waals surface area contributed by atoms with E-state index in [1.165, 1.54) is 0 Å². The highest BCUT2D eigenvalue weighted by molar-refractivity contribution is 6.00. The highest BCUT2D eigenvalue weighted by Crippen LogP contribution is 2.23. The van der Waals surface area contributed by atoms with Gasteiger partial charge in [-0.2, -0.15) is 0 Å². The van der Waals surface area contributed by atoms with Crippen LogP contribution in [0.2, 0.25) is 0 Å². The first kappa shape index (κ1) is 20.5. The van der Waals surface area contributed by atoms with Crippen molar-refractivity contribution in [3.05, 3.63) is 97.6 Å². The Bertz CT molecular complexity index is 1080. The number of carbonyl (C=O) groups is 2. The average Bonchev–Trinajstić information content (AvgIpc) is 2.81. The Morgan fingerprint density at radius 3 is 1.22 bits per heavy atom. The number of hydrogen-bond acceptors (Lipinski definition) is 4. The van der Waals surface area contributed by atoms with Gasteiger partial charge in [-0.05, 0) is 59.7 Å². The van der Waals surface area contributed by atoms with Crippen molar-refractivity contribution in [1.29, 1.82) is 0 Å². The van der Waals surface area contributed by atoms with Gasteiger partial charge in [-0.15, -0.1) is 0 Å². The molecule has 4 amide bonds. The van der Waals surface area contributed by atoms with E-state index in [-0.39, 0.29) is 12.1 Å². The molecule has 2 aromatic carbocycles. The number of nitrogens with zero attached hydrogens (tertiary/aromatic N) is 2. The lowest BCUT2D eigenvalue weighted by atomic mass is 10.1. The van der Waals surface area contributed by atoms with Gasteiger partial charge in [-0.1, -0.05) is 24.3 Å². The normalized spacial score (nSPS) is 10.1. The molecule has 0 aliphatic carbocycles. The van der Waals surface area contributed by atoms with Crippen molar-refractivity contribution in [3.63, 3.8) is 0 Å². The van der Waals surface area contributed by atoms with Crippen LogP contribution in [0.15, 0.2) is 97.6 Å². The molecular formula is C24H20N6O2. The van der Waals surface area contributed by atoms with E-state index in [0.717, 1.165) is 11.1 Å². The molecule has 0 saturated heterocycles. The van der Waals surface area contributed by atoms with Gasteiger partial charge >= 0.3 is 12.1 Å². The summed E-state index contributed by atoms with van der Waals surface area (Å²) in [6.45, 7) is 0. The molecule has 0 aliphatic heterocycles. The summed E-state index contributed by atoms with van der Waals surface area (Å²) in [5.41, 5.74) is 4.53. The van der Waals surface area contributed by atoms with Gasteiger partial charge in [-0.3, -0.25) is 9.97 Å². The van der Waals surface area contributed by atoms with Gasteiger partial charge in [0.25, 0.3) is 0 Å². The first-order valence-corrected chi connectivity index (χ1v) is 9.82. The standard InChI is InChI=1S/C24H20N6O2/c31-23(29-21-3-1-13-25-15-21)27-19-9-5-17(6-10-19)18-7-11-20(12-8-18)28-24(32)30-22-4-2-14-26-16-22/h1-16H,(H2,27,29,31)(H2,28,30,32). The molecule has 0 fully saturated rings. The van der Waals surface area contributed by atoms with E-state index in [9.17, 15) is 9.59 Å². The van der Waals surface area contributed by atoms with Crippen molar-refractivity contribution in [3.8, 4) is 11.1 Å². The van der Waals surface area contributed by atoms with Crippen LogP contribution in [-0.2, 0) is 0 Å². The van der Waals surface area contributed by atoms with E-state index in [0.29, 0.717) is 22.7 Å². The maximum atomic E-state index is 12.1. The van der Waals surface area contributed by atoms with Crippen LogP contribution in [0.1, 0.15) is 0 Å². The molecule has 0 atom stereocenters. The maximum Gasteiger partial charge on any atom is 0.323 e. The molecule has 2 heterocycles. The third-order valence-corrected chi connectivity index (χ3v) is 4.46. The zero-order chi connectivity index (χ0) is 22.2. The summed E-state index contributed by atoms with van der Waals surface area (Å²) in [7, 11) is 0. The van der Waals surface area contributed by atoms with Crippen molar-refractivity contribution in [2.45, 2.75) is 0 Å². The van der Waals surface area contributed by atoms with Crippen LogP contribution < -0.4 is 21.3 Å². The summed E-state index contributed by atoms with van der Waals surface area (Å²) < 4.78 is 0. The molecule has 8 heteroatoms. The van der Waals surface area contributed by atoms with Crippen molar-refractivity contribution in [2.75, 3.05) is 21.3 Å². The van der Waals surface area contributed by atoms with E-state index in [1.807, 2.05) is 48.5 Å². The summed E-state index contributed by atoms with van der Waals surface area (Å²) in [4.78, 5) is 32.1. The lowest BCUT2D eigenvalue weighted by molar-refractivity contribution is 0.261. The van der Waals surface area contributed by atoms with E-state index in [1.54, 1.807) is 49.1 Å². The largest absolute Gasteiger partial charge is 0.323 e. The molecule has 0 radical (unpaired) electrons. The number of pyridine rings is 2. The minimum atomic E-state index is -0.342. The molecule has 0 spiro atoms. The van der Waals surface area contributed by atoms with Gasteiger partial charge in [0, 0.05) is 23.8 Å². The highest BCUT2D eigenvalue weighted by atomic mass is 16.2. The van der Waals surface area contributed by atoms with Crippen molar-refractivity contribution in [2.24, 2.45) is 0 Å². The van der Waals surface area contributed by atoms with Crippen LogP contribution in [-0.4, -0.2) is 22.0 Å². The lowest BCUT2D eigenvalue weighted by Gasteiger charge is -2.10. The summed E-state index contributed by atoms with van der Waals surface area (Å²) in [5, 5.41) is 11.0. The molecule has 2 aromatic heterocycles. The summed E-state index contributed by atoms with van der Waals surface area (Å²) in [6, 6.07) is 21.3. The summed E-state index contributed by atoms with van der Waals surface area (Å²) in [6.07, 6.45) is 6.43. The maximum absolute atomic E-state index is 12.1. The van der Waals surface area contributed by atoms with Gasteiger partial charge in [0.2, 0.25) is 0 Å². The van der Waals surface area contributed by atoms with E-state index < -0.39 is 0 Å². The number of hydrogen-bond donors (Lipinski definition) is 4. The molecule has 4 aromatic rings. The Morgan fingerprint density at radius 2 is 0.875 bits per heavy atom. The smallest absolute Gasteiger partial charge is 0.308 e. The van der Waals surface area contributed by atoms with Gasteiger partial charge in [0.15, 0.2) is 0 Å². The monoisotopic (exact) mass is 424 g/mol. The number of nitrogens with one attached hydrogen (secondary N) is 4. The second-order valence-electron chi connectivity index (χ2n) is 6.80. The van der Waals surface area contributed by atoms with E-state index in [2.05, 4.69) is 31.2 Å². The number of rotatable bonds is 5. The van der Waals surface area contributed by atoms with Crippen LogP contribution in [0.3, 0.4) is 0 Å². The van der Waals surface area contributed by atoms with Crippen LogP contribution in [0.25, 0.3) is 11.1 Å². The Hall–Kier alpha value is -4.72. The minimum absolute atomic E-state index is 0.342. The fourth-order valence-electron chi connectivity index (χ4n) is 2.95. The van der Waals surface area contributed by atoms with Crippen LogP contribution >= 0.6 is 0 Å². The van der Waals surface area contributed by atoms with Gasteiger partial charge in [0.05, 0.1) is 23.8 Å². The number of aromatic nitrogens is 2. The number of benzene rings is 2. The molecule has 0 bridgehead atoms. The number of anilines is 4. The summed E-state index contributed by atoms with van der Waals surface area (Å²) in [5.74, 6) is 0. The zero-order valence-corrected chi connectivity index (χ0v) is 16.9. The molecule has 0 aliphatic rings. The second kappa shape index (κ2) is 9.86. The predicted molar refractivity (Wildman–Crippen MR) is 126 cm³/mol. The second-order valence-corrected chi connectivity index (χ2v) is 6.80. The fourth-order valence-corrected chi connectivity index (χ4v) is 2.95. The molecule has 158 valence electrons. The molecule has 32 heavy (non-hydrogen) atoms. The lowest BCUT2D eigenvalue weighted by Crippen LogP contribution is -2.19. The number of amides is 4. The Balaban J connectivity index is 1.32. The molecular weight excluding hydrogens is 404 g/mol. The average molecular weight is 424 g/mol.